The van der Waals surface area contributed by atoms with E-state index in [9.17, 15) is 9.90 Å². The molecule has 0 aromatic heterocycles. The zero-order valence-electron chi connectivity index (χ0n) is 8.13. The number of rotatable bonds is 2. The summed E-state index contributed by atoms with van der Waals surface area (Å²) in [5.41, 5.74) is -0.431. The van der Waals surface area contributed by atoms with E-state index in [-0.39, 0.29) is 5.92 Å². The minimum absolute atomic E-state index is 0.257. The van der Waals surface area contributed by atoms with Crippen molar-refractivity contribution in [2.24, 2.45) is 17.3 Å². The Labute approximate surface area is 74.0 Å². The van der Waals surface area contributed by atoms with Gasteiger partial charge in [0.15, 0.2) is 0 Å². The molecule has 2 heteroatoms. The van der Waals surface area contributed by atoms with E-state index < -0.39 is 11.4 Å². The second-order valence-electron chi connectivity index (χ2n) is 4.29. The molecule has 1 aliphatic carbocycles. The summed E-state index contributed by atoms with van der Waals surface area (Å²) in [5, 5.41) is 9.20. The SMILES string of the molecule is CC(C)C1(C(=O)O)CCCC1C. The lowest BCUT2D eigenvalue weighted by Gasteiger charge is -2.33. The first-order chi connectivity index (χ1) is 5.51. The normalized spacial score (nSPS) is 35.8. The third-order valence-corrected chi connectivity index (χ3v) is 3.54. The second kappa shape index (κ2) is 3.08. The van der Waals surface area contributed by atoms with Crippen LogP contribution in [-0.4, -0.2) is 11.1 Å². The van der Waals surface area contributed by atoms with Crippen LogP contribution >= 0.6 is 0 Å². The van der Waals surface area contributed by atoms with Crippen molar-refractivity contribution >= 4 is 5.97 Å². The molecule has 1 aliphatic rings. The van der Waals surface area contributed by atoms with E-state index in [2.05, 4.69) is 6.92 Å². The maximum absolute atomic E-state index is 11.2. The first-order valence-corrected chi connectivity index (χ1v) is 4.75. The van der Waals surface area contributed by atoms with E-state index in [1.807, 2.05) is 13.8 Å². The van der Waals surface area contributed by atoms with E-state index in [4.69, 9.17) is 0 Å². The van der Waals surface area contributed by atoms with Crippen molar-refractivity contribution in [3.8, 4) is 0 Å². The third-order valence-electron chi connectivity index (χ3n) is 3.54. The molecule has 2 nitrogen and oxygen atoms in total. The number of aliphatic carboxylic acids is 1. The largest absolute Gasteiger partial charge is 0.481 e. The van der Waals surface area contributed by atoms with Crippen LogP contribution in [0.2, 0.25) is 0 Å². The smallest absolute Gasteiger partial charge is 0.310 e. The van der Waals surface area contributed by atoms with E-state index in [1.54, 1.807) is 0 Å². The molecule has 2 unspecified atom stereocenters. The van der Waals surface area contributed by atoms with Crippen LogP contribution in [-0.2, 0) is 4.79 Å². The summed E-state index contributed by atoms with van der Waals surface area (Å²) >= 11 is 0. The molecule has 0 heterocycles. The molecule has 0 bridgehead atoms. The van der Waals surface area contributed by atoms with Crippen molar-refractivity contribution in [2.45, 2.75) is 40.0 Å². The standard InChI is InChI=1S/C10H18O2/c1-7(2)10(9(11)12)6-4-5-8(10)3/h7-8H,4-6H2,1-3H3,(H,11,12). The first-order valence-electron chi connectivity index (χ1n) is 4.75. The van der Waals surface area contributed by atoms with E-state index in [1.165, 1.54) is 0 Å². The van der Waals surface area contributed by atoms with Crippen molar-refractivity contribution in [1.29, 1.82) is 0 Å². The van der Waals surface area contributed by atoms with Gasteiger partial charge in [0, 0.05) is 0 Å². The molecule has 0 saturated heterocycles. The summed E-state index contributed by atoms with van der Waals surface area (Å²) in [7, 11) is 0. The molecule has 0 aromatic carbocycles. The van der Waals surface area contributed by atoms with Crippen LogP contribution < -0.4 is 0 Å². The van der Waals surface area contributed by atoms with Gasteiger partial charge in [-0.25, -0.2) is 0 Å². The highest BCUT2D eigenvalue weighted by Crippen LogP contribution is 2.48. The molecule has 0 aromatic rings. The number of hydrogen-bond acceptors (Lipinski definition) is 1. The first kappa shape index (κ1) is 9.56. The molecular formula is C10H18O2. The highest BCUT2D eigenvalue weighted by Gasteiger charge is 2.48. The minimum Gasteiger partial charge on any atom is -0.481 e. The topological polar surface area (TPSA) is 37.3 Å². The lowest BCUT2D eigenvalue weighted by atomic mass is 9.70. The van der Waals surface area contributed by atoms with Crippen LogP contribution in [0.3, 0.4) is 0 Å². The van der Waals surface area contributed by atoms with Gasteiger partial charge in [-0.2, -0.15) is 0 Å². The minimum atomic E-state index is -0.595. The Morgan fingerprint density at radius 1 is 1.58 bits per heavy atom. The Hall–Kier alpha value is -0.530. The molecule has 70 valence electrons. The van der Waals surface area contributed by atoms with Gasteiger partial charge < -0.3 is 5.11 Å². The predicted octanol–water partition coefficient (Wildman–Crippen LogP) is 2.53. The van der Waals surface area contributed by atoms with Gasteiger partial charge in [-0.1, -0.05) is 27.2 Å². The summed E-state index contributed by atoms with van der Waals surface area (Å²) in [6.07, 6.45) is 3.01. The predicted molar refractivity (Wildman–Crippen MR) is 47.9 cm³/mol. The molecule has 1 fully saturated rings. The van der Waals surface area contributed by atoms with Crippen molar-refractivity contribution in [3.05, 3.63) is 0 Å². The monoisotopic (exact) mass is 170 g/mol. The van der Waals surface area contributed by atoms with Gasteiger partial charge in [0.05, 0.1) is 5.41 Å². The Bertz CT molecular complexity index is 186. The number of carbonyl (C=O) groups is 1. The van der Waals surface area contributed by atoms with Crippen LogP contribution in [0.4, 0.5) is 0 Å². The van der Waals surface area contributed by atoms with Gasteiger partial charge in [-0.3, -0.25) is 4.79 Å². The van der Waals surface area contributed by atoms with Crippen molar-refractivity contribution < 1.29 is 9.90 Å². The molecule has 0 spiro atoms. The Balaban J connectivity index is 2.93. The Kier molecular flexibility index (Phi) is 2.45. The van der Waals surface area contributed by atoms with Crippen LogP contribution in [0.1, 0.15) is 40.0 Å². The molecule has 0 radical (unpaired) electrons. The maximum atomic E-state index is 11.2. The molecule has 12 heavy (non-hydrogen) atoms. The van der Waals surface area contributed by atoms with Crippen LogP contribution in [0.5, 0.6) is 0 Å². The average Bonchev–Trinajstić information content (AvgIpc) is 2.31. The molecule has 0 aliphatic heterocycles. The van der Waals surface area contributed by atoms with Gasteiger partial charge in [-0.05, 0) is 24.7 Å². The van der Waals surface area contributed by atoms with Gasteiger partial charge in [0.25, 0.3) is 0 Å². The summed E-state index contributed by atoms with van der Waals surface area (Å²) in [4.78, 5) is 11.2. The lowest BCUT2D eigenvalue weighted by Crippen LogP contribution is -2.38. The Morgan fingerprint density at radius 3 is 2.33 bits per heavy atom. The zero-order chi connectivity index (χ0) is 9.35. The number of carboxylic acids is 1. The van der Waals surface area contributed by atoms with Gasteiger partial charge in [0.2, 0.25) is 0 Å². The summed E-state index contributed by atoms with van der Waals surface area (Å²) in [5.74, 6) is 0.00463. The fourth-order valence-corrected chi connectivity index (χ4v) is 2.63. The fourth-order valence-electron chi connectivity index (χ4n) is 2.63. The molecule has 1 rings (SSSR count). The molecule has 1 N–H and O–H groups in total. The Morgan fingerprint density at radius 2 is 2.17 bits per heavy atom. The van der Waals surface area contributed by atoms with E-state index in [0.717, 1.165) is 19.3 Å². The van der Waals surface area contributed by atoms with Crippen molar-refractivity contribution in [3.63, 3.8) is 0 Å². The highest BCUT2D eigenvalue weighted by atomic mass is 16.4. The highest BCUT2D eigenvalue weighted by molar-refractivity contribution is 5.75. The van der Waals surface area contributed by atoms with Crippen molar-refractivity contribution in [1.82, 2.24) is 0 Å². The molecular weight excluding hydrogens is 152 g/mol. The maximum Gasteiger partial charge on any atom is 0.310 e. The van der Waals surface area contributed by atoms with Gasteiger partial charge in [-0.15, -0.1) is 0 Å². The van der Waals surface area contributed by atoms with Gasteiger partial charge >= 0.3 is 5.97 Å². The average molecular weight is 170 g/mol. The fraction of sp³-hybridized carbons (Fsp3) is 0.900. The molecule has 1 saturated carbocycles. The third kappa shape index (κ3) is 1.13. The lowest BCUT2D eigenvalue weighted by molar-refractivity contribution is -0.154. The number of carboxylic acid groups (broad SMARTS) is 1. The quantitative estimate of drug-likeness (QED) is 0.691. The van der Waals surface area contributed by atoms with Crippen molar-refractivity contribution in [2.75, 3.05) is 0 Å². The van der Waals surface area contributed by atoms with Crippen LogP contribution in [0, 0.1) is 17.3 Å². The van der Waals surface area contributed by atoms with E-state index >= 15 is 0 Å². The number of hydrogen-bond donors (Lipinski definition) is 1. The van der Waals surface area contributed by atoms with Crippen LogP contribution in [0.15, 0.2) is 0 Å². The summed E-state index contributed by atoms with van der Waals surface area (Å²) < 4.78 is 0. The van der Waals surface area contributed by atoms with E-state index in [0.29, 0.717) is 5.92 Å². The zero-order valence-corrected chi connectivity index (χ0v) is 8.13. The summed E-state index contributed by atoms with van der Waals surface area (Å²) in [6, 6.07) is 0. The van der Waals surface area contributed by atoms with Gasteiger partial charge in [0.1, 0.15) is 0 Å². The molecule has 2 atom stereocenters. The molecule has 0 amide bonds. The van der Waals surface area contributed by atoms with Crippen LogP contribution in [0.25, 0.3) is 0 Å². The summed E-state index contributed by atoms with van der Waals surface area (Å²) in [6.45, 7) is 6.12. The second-order valence-corrected chi connectivity index (χ2v) is 4.29.